The fourth-order valence-corrected chi connectivity index (χ4v) is 2.30. The quantitative estimate of drug-likeness (QED) is 0.691. The van der Waals surface area contributed by atoms with Crippen LogP contribution in [0.1, 0.15) is 0 Å². The zero-order valence-electron chi connectivity index (χ0n) is 10.7. The fraction of sp³-hybridized carbons (Fsp3) is 0.0667. The van der Waals surface area contributed by atoms with Gasteiger partial charge in [0.1, 0.15) is 5.75 Å². The molecule has 0 aliphatic rings. The van der Waals surface area contributed by atoms with E-state index in [1.165, 1.54) is 12.1 Å². The Morgan fingerprint density at radius 3 is 2.33 bits per heavy atom. The molecule has 3 aromatic rings. The number of nitrogen functional groups attached to an aromatic ring is 1. The van der Waals surface area contributed by atoms with Crippen LogP contribution in [0.3, 0.4) is 0 Å². The number of nitrogens with two attached hydrogens (primary N) is 1. The van der Waals surface area contributed by atoms with Gasteiger partial charge in [0.15, 0.2) is 0 Å². The van der Waals surface area contributed by atoms with Crippen LogP contribution in [0.2, 0.25) is 0 Å². The molecule has 0 radical (unpaired) electrons. The highest BCUT2D eigenvalue weighted by Gasteiger charge is 2.31. The zero-order chi connectivity index (χ0) is 15.0. The summed E-state index contributed by atoms with van der Waals surface area (Å²) in [6.45, 7) is 0. The Hall–Kier alpha value is -2.63. The number of anilines is 1. The van der Waals surface area contributed by atoms with Crippen molar-refractivity contribution >= 4 is 16.6 Å². The summed E-state index contributed by atoms with van der Waals surface area (Å²) in [7, 11) is 0. The molecule has 0 saturated heterocycles. The lowest BCUT2D eigenvalue weighted by atomic mass is 10.00. The van der Waals surface area contributed by atoms with Crippen molar-refractivity contribution in [2.45, 2.75) is 6.36 Å². The van der Waals surface area contributed by atoms with Crippen LogP contribution in [0.25, 0.3) is 22.0 Å². The van der Waals surface area contributed by atoms with Gasteiger partial charge in [0.25, 0.3) is 0 Å². The molecule has 0 bridgehead atoms. The maximum atomic E-state index is 12.1. The third-order valence-corrected chi connectivity index (χ3v) is 3.14. The van der Waals surface area contributed by atoms with Crippen LogP contribution < -0.4 is 10.5 Å². The van der Waals surface area contributed by atoms with Crippen molar-refractivity contribution in [2.75, 3.05) is 5.73 Å². The molecule has 1 aromatic heterocycles. The monoisotopic (exact) mass is 292 g/mol. The second-order valence-electron chi connectivity index (χ2n) is 4.54. The van der Waals surface area contributed by atoms with E-state index in [1.807, 2.05) is 12.1 Å². The SMILES string of the molecule is Nc1ccc2[nH]ccc2c1-c1ccc(OC(F)(F)F)cc1. The summed E-state index contributed by atoms with van der Waals surface area (Å²) >= 11 is 0. The first-order valence-corrected chi connectivity index (χ1v) is 6.16. The number of fused-ring (bicyclic) bond motifs is 1. The highest BCUT2D eigenvalue weighted by molar-refractivity contribution is 6.01. The number of aromatic nitrogens is 1. The molecule has 3 N–H and O–H groups in total. The molecule has 3 rings (SSSR count). The highest BCUT2D eigenvalue weighted by atomic mass is 19.4. The molecule has 108 valence electrons. The van der Waals surface area contributed by atoms with Crippen molar-refractivity contribution in [3.05, 3.63) is 48.7 Å². The molecule has 0 unspecified atom stereocenters. The molecular formula is C15H11F3N2O. The lowest BCUT2D eigenvalue weighted by Crippen LogP contribution is -2.16. The number of aromatic amines is 1. The van der Waals surface area contributed by atoms with Crippen LogP contribution in [0, 0.1) is 0 Å². The first-order chi connectivity index (χ1) is 9.94. The maximum Gasteiger partial charge on any atom is 0.573 e. The van der Waals surface area contributed by atoms with E-state index >= 15 is 0 Å². The molecule has 0 aliphatic heterocycles. The van der Waals surface area contributed by atoms with E-state index in [9.17, 15) is 13.2 Å². The maximum absolute atomic E-state index is 12.1. The second kappa shape index (κ2) is 4.73. The number of rotatable bonds is 2. The topological polar surface area (TPSA) is 51.0 Å². The van der Waals surface area contributed by atoms with Gasteiger partial charge in [-0.25, -0.2) is 0 Å². The molecule has 0 amide bonds. The molecule has 6 heteroatoms. The minimum atomic E-state index is -4.69. The summed E-state index contributed by atoms with van der Waals surface area (Å²) < 4.78 is 40.3. The summed E-state index contributed by atoms with van der Waals surface area (Å²) in [5.74, 6) is -0.258. The Labute approximate surface area is 118 Å². The molecule has 2 aromatic carbocycles. The Morgan fingerprint density at radius 1 is 0.952 bits per heavy atom. The van der Waals surface area contributed by atoms with Gasteiger partial charge in [-0.15, -0.1) is 13.2 Å². The first-order valence-electron chi connectivity index (χ1n) is 6.16. The third kappa shape index (κ3) is 2.65. The molecule has 3 nitrogen and oxygen atoms in total. The third-order valence-electron chi connectivity index (χ3n) is 3.14. The predicted molar refractivity (Wildman–Crippen MR) is 74.8 cm³/mol. The number of benzene rings is 2. The molecule has 0 spiro atoms. The molecule has 1 heterocycles. The van der Waals surface area contributed by atoms with E-state index < -0.39 is 6.36 Å². The van der Waals surface area contributed by atoms with Crippen molar-refractivity contribution in [2.24, 2.45) is 0 Å². The van der Waals surface area contributed by atoms with Gasteiger partial charge >= 0.3 is 6.36 Å². The van der Waals surface area contributed by atoms with Crippen molar-refractivity contribution in [3.8, 4) is 16.9 Å². The van der Waals surface area contributed by atoms with Crippen molar-refractivity contribution in [3.63, 3.8) is 0 Å². The minimum Gasteiger partial charge on any atom is -0.406 e. The van der Waals surface area contributed by atoms with Crippen LogP contribution >= 0.6 is 0 Å². The lowest BCUT2D eigenvalue weighted by molar-refractivity contribution is -0.274. The average molecular weight is 292 g/mol. The fourth-order valence-electron chi connectivity index (χ4n) is 2.30. The van der Waals surface area contributed by atoms with E-state index in [1.54, 1.807) is 24.4 Å². The number of hydrogen-bond donors (Lipinski definition) is 2. The van der Waals surface area contributed by atoms with Gasteiger partial charge in [0.05, 0.1) is 0 Å². The average Bonchev–Trinajstić information content (AvgIpc) is 2.86. The first kappa shape index (κ1) is 13.4. The molecular weight excluding hydrogens is 281 g/mol. The molecule has 0 saturated carbocycles. The molecule has 0 aliphatic carbocycles. The Bertz CT molecular complexity index is 776. The number of alkyl halides is 3. The Kier molecular flexibility index (Phi) is 3.01. The Balaban J connectivity index is 2.03. The van der Waals surface area contributed by atoms with Gasteiger partial charge in [-0.05, 0) is 35.9 Å². The number of H-pyrrole nitrogens is 1. The number of hydrogen-bond acceptors (Lipinski definition) is 2. The predicted octanol–water partition coefficient (Wildman–Crippen LogP) is 4.32. The summed E-state index contributed by atoms with van der Waals surface area (Å²) in [5, 5.41) is 0.916. The van der Waals surface area contributed by atoms with E-state index in [0.717, 1.165) is 22.0 Å². The van der Waals surface area contributed by atoms with E-state index in [4.69, 9.17) is 5.73 Å². The van der Waals surface area contributed by atoms with Gasteiger partial charge in [0.2, 0.25) is 0 Å². The second-order valence-corrected chi connectivity index (χ2v) is 4.54. The van der Waals surface area contributed by atoms with Crippen LogP contribution in [0.5, 0.6) is 5.75 Å². The summed E-state index contributed by atoms with van der Waals surface area (Å²) in [6.07, 6.45) is -2.91. The summed E-state index contributed by atoms with van der Waals surface area (Å²) in [5.41, 5.74) is 8.98. The van der Waals surface area contributed by atoms with E-state index in [2.05, 4.69) is 9.72 Å². The highest BCUT2D eigenvalue weighted by Crippen LogP contribution is 2.35. The van der Waals surface area contributed by atoms with E-state index in [0.29, 0.717) is 5.69 Å². The zero-order valence-corrected chi connectivity index (χ0v) is 10.7. The smallest absolute Gasteiger partial charge is 0.406 e. The largest absolute Gasteiger partial charge is 0.573 e. The van der Waals surface area contributed by atoms with Gasteiger partial charge < -0.3 is 15.5 Å². The lowest BCUT2D eigenvalue weighted by Gasteiger charge is -2.11. The van der Waals surface area contributed by atoms with Crippen molar-refractivity contribution < 1.29 is 17.9 Å². The van der Waals surface area contributed by atoms with Crippen LogP contribution in [-0.2, 0) is 0 Å². The van der Waals surface area contributed by atoms with Crippen molar-refractivity contribution in [1.29, 1.82) is 0 Å². The minimum absolute atomic E-state index is 0.258. The van der Waals surface area contributed by atoms with Crippen LogP contribution in [-0.4, -0.2) is 11.3 Å². The van der Waals surface area contributed by atoms with Gasteiger partial charge in [-0.2, -0.15) is 0 Å². The standard InChI is InChI=1S/C15H11F3N2O/c16-15(17,18)21-10-3-1-9(2-4-10)14-11-7-8-20-13(11)6-5-12(14)19/h1-8,20H,19H2. The van der Waals surface area contributed by atoms with E-state index in [-0.39, 0.29) is 5.75 Å². The van der Waals surface area contributed by atoms with Gasteiger partial charge in [-0.1, -0.05) is 12.1 Å². The molecule has 0 atom stereocenters. The molecule has 0 fully saturated rings. The van der Waals surface area contributed by atoms with Gasteiger partial charge in [-0.3, -0.25) is 0 Å². The van der Waals surface area contributed by atoms with Crippen LogP contribution in [0.15, 0.2) is 48.7 Å². The Morgan fingerprint density at radius 2 is 1.67 bits per heavy atom. The van der Waals surface area contributed by atoms with Crippen LogP contribution in [0.4, 0.5) is 18.9 Å². The normalized spacial score (nSPS) is 11.8. The van der Waals surface area contributed by atoms with Crippen molar-refractivity contribution in [1.82, 2.24) is 4.98 Å². The summed E-state index contributed by atoms with van der Waals surface area (Å²) in [6, 6.07) is 11.1. The number of nitrogens with one attached hydrogen (secondary N) is 1. The van der Waals surface area contributed by atoms with Gasteiger partial charge in [0, 0.05) is 28.4 Å². The number of halogens is 3. The molecule has 21 heavy (non-hydrogen) atoms. The number of ether oxygens (including phenoxy) is 1. The summed E-state index contributed by atoms with van der Waals surface area (Å²) in [4.78, 5) is 3.07.